The molecule has 1 aromatic rings. The Labute approximate surface area is 139 Å². The fraction of sp³-hybridized carbons (Fsp3) is 0.562. The van der Waals surface area contributed by atoms with Gasteiger partial charge in [0.1, 0.15) is 5.69 Å². The summed E-state index contributed by atoms with van der Waals surface area (Å²) in [6.45, 7) is 9.39. The van der Waals surface area contributed by atoms with Gasteiger partial charge in [-0.1, -0.05) is 38.5 Å². The SMILES string of the molecule is CC(=O)N(CCC[Si](C)(C)C(C)C)c1c(F)c(F)c(F)c(F)c1F. The number of amides is 1. The molecule has 0 spiro atoms. The molecule has 0 aromatic heterocycles. The number of carbonyl (C=O) groups excluding carboxylic acids is 1. The molecule has 24 heavy (non-hydrogen) atoms. The molecule has 0 saturated carbocycles. The lowest BCUT2D eigenvalue weighted by molar-refractivity contribution is -0.116. The van der Waals surface area contributed by atoms with Gasteiger partial charge in [0.25, 0.3) is 0 Å². The minimum absolute atomic E-state index is 0.100. The van der Waals surface area contributed by atoms with Crippen molar-refractivity contribution in [1.29, 1.82) is 0 Å². The summed E-state index contributed by atoms with van der Waals surface area (Å²) in [4.78, 5) is 12.3. The normalized spacial score (nSPS) is 12.0. The molecule has 0 aliphatic heterocycles. The first-order chi connectivity index (χ1) is 10.9. The van der Waals surface area contributed by atoms with Gasteiger partial charge in [0.05, 0.1) is 0 Å². The molecular formula is C16H22F5NOSi. The second-order valence-electron chi connectivity index (χ2n) is 6.84. The summed E-state index contributed by atoms with van der Waals surface area (Å²) in [7, 11) is -1.57. The van der Waals surface area contributed by atoms with Crippen molar-refractivity contribution >= 4 is 19.7 Å². The minimum atomic E-state index is -2.23. The molecule has 0 atom stereocenters. The predicted octanol–water partition coefficient (Wildman–Crippen LogP) is 5.24. The molecule has 0 aliphatic rings. The van der Waals surface area contributed by atoms with Crippen molar-refractivity contribution in [2.75, 3.05) is 11.4 Å². The van der Waals surface area contributed by atoms with Gasteiger partial charge >= 0.3 is 0 Å². The number of carbonyl (C=O) groups is 1. The number of nitrogens with zero attached hydrogens (tertiary/aromatic N) is 1. The van der Waals surface area contributed by atoms with Crippen LogP contribution in [-0.2, 0) is 4.79 Å². The second kappa shape index (κ2) is 7.63. The molecule has 0 N–H and O–H groups in total. The summed E-state index contributed by atoms with van der Waals surface area (Å²) in [6.07, 6.45) is 0.427. The van der Waals surface area contributed by atoms with Crippen LogP contribution in [0.2, 0.25) is 24.7 Å². The van der Waals surface area contributed by atoms with E-state index in [9.17, 15) is 26.7 Å². The molecule has 8 heteroatoms. The molecule has 0 aliphatic carbocycles. The van der Waals surface area contributed by atoms with E-state index < -0.39 is 48.8 Å². The average Bonchev–Trinajstić information content (AvgIpc) is 2.49. The summed E-state index contributed by atoms with van der Waals surface area (Å²) in [5, 5.41) is 0. The van der Waals surface area contributed by atoms with Crippen LogP contribution in [0.5, 0.6) is 0 Å². The van der Waals surface area contributed by atoms with Crippen molar-refractivity contribution in [1.82, 2.24) is 0 Å². The fourth-order valence-electron chi connectivity index (χ4n) is 2.24. The number of rotatable bonds is 6. The molecule has 0 heterocycles. The number of benzene rings is 1. The van der Waals surface area contributed by atoms with Crippen LogP contribution >= 0.6 is 0 Å². The third-order valence-corrected chi connectivity index (χ3v) is 9.37. The molecule has 0 saturated heterocycles. The van der Waals surface area contributed by atoms with Gasteiger partial charge in [-0.15, -0.1) is 0 Å². The van der Waals surface area contributed by atoms with Gasteiger partial charge in [-0.05, 0) is 6.42 Å². The van der Waals surface area contributed by atoms with Crippen molar-refractivity contribution in [2.45, 2.75) is 51.9 Å². The number of hydrogen-bond donors (Lipinski definition) is 0. The standard InChI is InChI=1S/C16H22F5NOSi/c1-9(2)24(4,5)8-6-7-22(10(3)23)16-14(20)12(18)11(17)13(19)15(16)21/h9H,6-8H2,1-5H3. The van der Waals surface area contributed by atoms with Gasteiger partial charge in [-0.3, -0.25) is 4.79 Å². The Kier molecular flexibility index (Phi) is 6.55. The molecule has 1 aromatic carbocycles. The van der Waals surface area contributed by atoms with E-state index in [1.807, 2.05) is 0 Å². The Hall–Kier alpha value is -1.44. The first-order valence-electron chi connectivity index (χ1n) is 7.71. The summed E-state index contributed by atoms with van der Waals surface area (Å²) in [6, 6.07) is 0.768. The molecule has 0 bridgehead atoms. The van der Waals surface area contributed by atoms with Crippen molar-refractivity contribution in [2.24, 2.45) is 0 Å². The van der Waals surface area contributed by atoms with E-state index in [2.05, 4.69) is 26.9 Å². The Morgan fingerprint density at radius 1 is 0.958 bits per heavy atom. The zero-order chi connectivity index (χ0) is 18.8. The van der Waals surface area contributed by atoms with E-state index >= 15 is 0 Å². The van der Waals surface area contributed by atoms with Crippen molar-refractivity contribution in [3.63, 3.8) is 0 Å². The summed E-state index contributed by atoms with van der Waals surface area (Å²) in [5.74, 6) is -11.1. The summed E-state index contributed by atoms with van der Waals surface area (Å²) < 4.78 is 67.6. The lowest BCUT2D eigenvalue weighted by Crippen LogP contribution is -2.35. The number of anilines is 1. The summed E-state index contributed by atoms with van der Waals surface area (Å²) in [5.41, 5.74) is -0.708. The first kappa shape index (κ1) is 20.6. The van der Waals surface area contributed by atoms with Gasteiger partial charge < -0.3 is 4.90 Å². The summed E-state index contributed by atoms with van der Waals surface area (Å²) >= 11 is 0. The molecule has 0 fully saturated rings. The molecule has 0 unspecified atom stereocenters. The van der Waals surface area contributed by atoms with Crippen LogP contribution in [0.15, 0.2) is 0 Å². The van der Waals surface area contributed by atoms with Gasteiger partial charge in [-0.25, -0.2) is 22.0 Å². The van der Waals surface area contributed by atoms with Crippen LogP contribution in [0.3, 0.4) is 0 Å². The Balaban J connectivity index is 3.13. The second-order valence-corrected chi connectivity index (χ2v) is 12.5. The van der Waals surface area contributed by atoms with E-state index in [1.54, 1.807) is 0 Å². The quantitative estimate of drug-likeness (QED) is 0.291. The van der Waals surface area contributed by atoms with Crippen LogP contribution < -0.4 is 4.90 Å². The van der Waals surface area contributed by atoms with Crippen molar-refractivity contribution in [3.05, 3.63) is 29.1 Å². The molecule has 2 nitrogen and oxygen atoms in total. The first-order valence-corrected chi connectivity index (χ1v) is 11.0. The van der Waals surface area contributed by atoms with E-state index in [0.29, 0.717) is 16.9 Å². The highest BCUT2D eigenvalue weighted by atomic mass is 28.3. The minimum Gasteiger partial charge on any atom is -0.307 e. The van der Waals surface area contributed by atoms with Gasteiger partial charge in [0, 0.05) is 21.5 Å². The van der Waals surface area contributed by atoms with Gasteiger partial charge in [0.15, 0.2) is 23.3 Å². The van der Waals surface area contributed by atoms with E-state index in [-0.39, 0.29) is 6.54 Å². The highest BCUT2D eigenvalue weighted by Gasteiger charge is 2.31. The van der Waals surface area contributed by atoms with Crippen LogP contribution in [-0.4, -0.2) is 20.5 Å². The van der Waals surface area contributed by atoms with Crippen molar-refractivity contribution < 1.29 is 26.7 Å². The van der Waals surface area contributed by atoms with E-state index in [4.69, 9.17) is 0 Å². The zero-order valence-corrected chi connectivity index (χ0v) is 15.4. The van der Waals surface area contributed by atoms with Gasteiger partial charge in [0.2, 0.25) is 11.7 Å². The zero-order valence-electron chi connectivity index (χ0n) is 14.4. The Bertz CT molecular complexity index is 604. The van der Waals surface area contributed by atoms with E-state index in [0.717, 1.165) is 13.0 Å². The number of hydrogen-bond acceptors (Lipinski definition) is 1. The average molecular weight is 367 g/mol. The maximum absolute atomic E-state index is 13.9. The lowest BCUT2D eigenvalue weighted by Gasteiger charge is -2.29. The van der Waals surface area contributed by atoms with Crippen LogP contribution in [0.25, 0.3) is 0 Å². The number of halogens is 5. The maximum atomic E-state index is 13.9. The lowest BCUT2D eigenvalue weighted by atomic mass is 10.2. The third-order valence-electron chi connectivity index (χ3n) is 4.60. The molecule has 0 radical (unpaired) electrons. The molecule has 136 valence electrons. The third kappa shape index (κ3) is 4.14. The smallest absolute Gasteiger partial charge is 0.224 e. The van der Waals surface area contributed by atoms with Crippen molar-refractivity contribution in [3.8, 4) is 0 Å². The highest BCUT2D eigenvalue weighted by molar-refractivity contribution is 6.78. The van der Waals surface area contributed by atoms with Crippen LogP contribution in [0.4, 0.5) is 27.6 Å². The Morgan fingerprint density at radius 3 is 1.75 bits per heavy atom. The topological polar surface area (TPSA) is 20.3 Å². The van der Waals surface area contributed by atoms with Crippen LogP contribution in [0.1, 0.15) is 27.2 Å². The predicted molar refractivity (Wildman–Crippen MR) is 86.3 cm³/mol. The highest BCUT2D eigenvalue weighted by Crippen LogP contribution is 2.31. The fourth-order valence-corrected chi connectivity index (χ4v) is 3.89. The molecule has 1 rings (SSSR count). The van der Waals surface area contributed by atoms with Crippen LogP contribution in [0, 0.1) is 29.1 Å². The molecule has 1 amide bonds. The molecular weight excluding hydrogens is 345 g/mol. The van der Waals surface area contributed by atoms with E-state index in [1.165, 1.54) is 0 Å². The maximum Gasteiger partial charge on any atom is 0.224 e. The van der Waals surface area contributed by atoms with Gasteiger partial charge in [-0.2, -0.15) is 0 Å². The monoisotopic (exact) mass is 367 g/mol. The Morgan fingerprint density at radius 2 is 1.38 bits per heavy atom. The largest absolute Gasteiger partial charge is 0.307 e.